The molecule has 0 aromatic carbocycles. The van der Waals surface area contributed by atoms with E-state index in [2.05, 4.69) is 30.9 Å². The van der Waals surface area contributed by atoms with Gasteiger partial charge in [-0.25, -0.2) is 17.7 Å². The fraction of sp³-hybridized carbons (Fsp3) is 0.429. The average molecular weight is 551 g/mol. The number of nitrogens with zero attached hydrogens (tertiary/aromatic N) is 3. The van der Waals surface area contributed by atoms with Gasteiger partial charge in [-0.1, -0.05) is 5.16 Å². The van der Waals surface area contributed by atoms with Crippen LogP contribution in [0, 0.1) is 0 Å². The third-order valence-electron chi connectivity index (χ3n) is 3.66. The zero-order valence-corrected chi connectivity index (χ0v) is 22.3. The van der Waals surface area contributed by atoms with Gasteiger partial charge in [-0.2, -0.15) is 0 Å². The third-order valence-corrected chi connectivity index (χ3v) is 6.94. The van der Waals surface area contributed by atoms with Gasteiger partial charge in [0, 0.05) is 17.7 Å². The summed E-state index contributed by atoms with van der Waals surface area (Å²) in [6.45, 7) is 0.137. The molecule has 0 radical (unpaired) electrons. The van der Waals surface area contributed by atoms with Crippen LogP contribution >= 0.6 is 34.7 Å². The molecule has 2 atom stereocenters. The van der Waals surface area contributed by atoms with Crippen LogP contribution in [-0.2, 0) is 34.3 Å². The number of anilines is 1. The Labute approximate surface area is 223 Å². The first-order valence-corrected chi connectivity index (χ1v) is 12.3. The minimum Gasteiger partial charge on any atom is -0.731 e. The summed E-state index contributed by atoms with van der Waals surface area (Å²) < 4.78 is 34.3. The molecule has 0 aliphatic carbocycles. The van der Waals surface area contributed by atoms with Crippen LogP contribution in [0.5, 0.6) is 0 Å². The molecule has 0 spiro atoms. The van der Waals surface area contributed by atoms with E-state index >= 15 is 0 Å². The number of carbonyl (C=O) groups is 4. The normalized spacial score (nSPS) is 18.0. The predicted molar refractivity (Wildman–Crippen MR) is 114 cm³/mol. The molecule has 1 saturated heterocycles. The summed E-state index contributed by atoms with van der Waals surface area (Å²) >= 11 is 7.25. The number of rotatable bonds is 12. The second-order valence-corrected chi connectivity index (χ2v) is 9.32. The number of amides is 4. The first kappa shape index (κ1) is 29.6. The number of aromatic nitrogens is 1. The molecular formula is C14H16ClN6NaO8S3. The molecule has 33 heavy (non-hydrogen) atoms. The van der Waals surface area contributed by atoms with E-state index in [4.69, 9.17) is 11.6 Å². The summed E-state index contributed by atoms with van der Waals surface area (Å²) in [4.78, 5) is 55.3. The molecule has 1 aliphatic rings. The van der Waals surface area contributed by atoms with Gasteiger partial charge in [0.1, 0.15) is 30.1 Å². The topological polar surface area (TPSA) is 199 Å². The summed E-state index contributed by atoms with van der Waals surface area (Å²) in [6, 6.07) is -1.36. The number of oxime groups is 1. The Hall–Kier alpha value is -1.47. The van der Waals surface area contributed by atoms with Crippen molar-refractivity contribution in [3.8, 4) is 0 Å². The maximum Gasteiger partial charge on any atom is 1.00 e. The van der Waals surface area contributed by atoms with Crippen molar-refractivity contribution in [2.45, 2.75) is 11.4 Å². The van der Waals surface area contributed by atoms with Crippen molar-refractivity contribution in [1.29, 1.82) is 0 Å². The fourth-order valence-corrected chi connectivity index (χ4v) is 5.45. The summed E-state index contributed by atoms with van der Waals surface area (Å²) in [6.07, 6.45) is 0.430. The molecule has 4 amide bonds. The largest absolute Gasteiger partial charge is 1.00 e. The average Bonchev–Trinajstić information content (AvgIpc) is 3.18. The quantitative estimate of drug-likeness (QED) is 0.0332. The van der Waals surface area contributed by atoms with Crippen molar-refractivity contribution in [3.05, 3.63) is 11.1 Å². The zero-order valence-electron chi connectivity index (χ0n) is 17.1. The van der Waals surface area contributed by atoms with Gasteiger partial charge >= 0.3 is 29.6 Å². The SMILES string of the molecule is CO/N=C(\C(=O)NC1C(=O)N(S(=O)(=O)[O-])C1SCCNC=O)c1csc(NC(=O)CCl)n1.[Na+]. The Kier molecular flexibility index (Phi) is 12.0. The number of thiazole rings is 1. The van der Waals surface area contributed by atoms with Crippen LogP contribution in [0.1, 0.15) is 5.69 Å². The Morgan fingerprint density at radius 3 is 2.76 bits per heavy atom. The summed E-state index contributed by atoms with van der Waals surface area (Å²) in [5.41, 5.74) is -0.364. The Morgan fingerprint density at radius 2 is 2.18 bits per heavy atom. The van der Waals surface area contributed by atoms with Crippen molar-refractivity contribution < 1.29 is 66.5 Å². The molecule has 1 fully saturated rings. The maximum atomic E-state index is 12.7. The van der Waals surface area contributed by atoms with Crippen molar-refractivity contribution in [2.24, 2.45) is 5.16 Å². The van der Waals surface area contributed by atoms with Crippen LogP contribution in [0.15, 0.2) is 10.5 Å². The number of thioether (sulfide) groups is 1. The summed E-state index contributed by atoms with van der Waals surface area (Å²) in [5, 5.41) is 10.9. The summed E-state index contributed by atoms with van der Waals surface area (Å²) in [7, 11) is -3.95. The number of carbonyl (C=O) groups excluding carboxylic acids is 4. The van der Waals surface area contributed by atoms with Crippen molar-refractivity contribution >= 4 is 80.0 Å². The Balaban J connectivity index is 0.00000544. The van der Waals surface area contributed by atoms with E-state index in [1.54, 1.807) is 0 Å². The minimum absolute atomic E-state index is 0. The van der Waals surface area contributed by atoms with Crippen LogP contribution < -0.4 is 45.5 Å². The van der Waals surface area contributed by atoms with Crippen LogP contribution in [0.4, 0.5) is 5.13 Å². The number of hydrogen-bond donors (Lipinski definition) is 3. The molecule has 1 aliphatic heterocycles. The van der Waals surface area contributed by atoms with E-state index in [1.165, 1.54) is 5.38 Å². The fourth-order valence-electron chi connectivity index (χ4n) is 2.37. The molecule has 1 aromatic rings. The third kappa shape index (κ3) is 7.78. The van der Waals surface area contributed by atoms with E-state index in [1.807, 2.05) is 0 Å². The molecule has 3 N–H and O–H groups in total. The zero-order chi connectivity index (χ0) is 23.9. The molecular weight excluding hydrogens is 535 g/mol. The van der Waals surface area contributed by atoms with E-state index in [0.29, 0.717) is 6.41 Å². The van der Waals surface area contributed by atoms with Crippen molar-refractivity contribution in [3.63, 3.8) is 0 Å². The van der Waals surface area contributed by atoms with E-state index < -0.39 is 39.4 Å². The predicted octanol–water partition coefficient (Wildman–Crippen LogP) is -4.73. The second kappa shape index (κ2) is 13.4. The number of β-lactam (4-membered cyclic amide) rings is 1. The molecule has 2 rings (SSSR count). The molecule has 176 valence electrons. The van der Waals surface area contributed by atoms with Crippen LogP contribution in [0.2, 0.25) is 0 Å². The maximum absolute atomic E-state index is 12.7. The number of nitrogens with one attached hydrogen (secondary N) is 3. The number of alkyl halides is 1. The smallest absolute Gasteiger partial charge is 0.731 e. The molecule has 2 heterocycles. The van der Waals surface area contributed by atoms with Crippen LogP contribution in [0.3, 0.4) is 0 Å². The van der Waals surface area contributed by atoms with Gasteiger partial charge < -0.3 is 25.3 Å². The Bertz CT molecular complexity index is 1020. The van der Waals surface area contributed by atoms with Gasteiger partial charge in [0.2, 0.25) is 12.3 Å². The standard InChI is InChI=1S/C14H17ClN6O8S3.Na/c1-29-20-9(7-5-31-14(17-7)18-8(23)4-15)11(24)19-10-12(25)21(32(26,27)28)13(10)30-3-2-16-6-22;/h5-6,10,13H,2-4H2,1H3,(H,16,22)(H,19,24)(H,17,18,23)(H,26,27,28);/q;+1/p-1/b20-9-;. The van der Waals surface area contributed by atoms with Gasteiger partial charge in [0.15, 0.2) is 21.1 Å². The summed E-state index contributed by atoms with van der Waals surface area (Å²) in [5.74, 6) is -2.74. The minimum atomic E-state index is -5.11. The van der Waals surface area contributed by atoms with Crippen molar-refractivity contribution in [2.75, 3.05) is 30.6 Å². The first-order chi connectivity index (χ1) is 15.1. The molecule has 0 saturated carbocycles. The van der Waals surface area contributed by atoms with E-state index in [9.17, 15) is 32.1 Å². The van der Waals surface area contributed by atoms with E-state index in [0.717, 1.165) is 30.2 Å². The Morgan fingerprint density at radius 1 is 1.48 bits per heavy atom. The van der Waals surface area contributed by atoms with Gasteiger partial charge in [0.25, 0.3) is 11.8 Å². The van der Waals surface area contributed by atoms with Crippen LogP contribution in [0.25, 0.3) is 0 Å². The molecule has 19 heteroatoms. The monoisotopic (exact) mass is 550 g/mol. The van der Waals surface area contributed by atoms with Gasteiger partial charge in [-0.15, -0.1) is 34.7 Å². The van der Waals surface area contributed by atoms with Crippen molar-refractivity contribution in [1.82, 2.24) is 19.9 Å². The molecule has 14 nitrogen and oxygen atoms in total. The van der Waals surface area contributed by atoms with Crippen LogP contribution in [-0.4, -0.2) is 88.8 Å². The molecule has 1 aromatic heterocycles. The number of hydrogen-bond acceptors (Lipinski definition) is 12. The van der Waals surface area contributed by atoms with Gasteiger partial charge in [0.05, 0.1) is 0 Å². The van der Waals surface area contributed by atoms with Gasteiger partial charge in [-0.3, -0.25) is 19.2 Å². The number of halogens is 1. The molecule has 0 bridgehead atoms. The van der Waals surface area contributed by atoms with Gasteiger partial charge in [-0.05, 0) is 0 Å². The first-order valence-electron chi connectivity index (χ1n) is 8.45. The molecule has 2 unspecified atom stereocenters. The van der Waals surface area contributed by atoms with E-state index in [-0.39, 0.29) is 68.6 Å². The second-order valence-electron chi connectivity index (χ2n) is 5.72.